The molecule has 0 aromatic heterocycles. The van der Waals surface area contributed by atoms with E-state index >= 15 is 0 Å². The Hall–Kier alpha value is -4.88. The number of esters is 3. The van der Waals surface area contributed by atoms with E-state index < -0.39 is 67.3 Å². The van der Waals surface area contributed by atoms with Gasteiger partial charge < -0.3 is 39.0 Å². The molecular formula is C65H102O12. The molecular weight excluding hydrogens is 973 g/mol. The van der Waals surface area contributed by atoms with Gasteiger partial charge in [-0.3, -0.25) is 14.4 Å². The van der Waals surface area contributed by atoms with Crippen molar-refractivity contribution in [2.45, 2.75) is 250 Å². The predicted molar refractivity (Wildman–Crippen MR) is 312 cm³/mol. The highest BCUT2D eigenvalue weighted by atomic mass is 16.7. The van der Waals surface area contributed by atoms with Gasteiger partial charge in [-0.15, -0.1) is 0 Å². The molecule has 1 aliphatic rings. The number of aliphatic hydroxyl groups excluding tert-OH is 2. The molecule has 0 spiro atoms. The van der Waals surface area contributed by atoms with Crippen LogP contribution in [0.4, 0.5) is 0 Å². The van der Waals surface area contributed by atoms with Gasteiger partial charge >= 0.3 is 23.9 Å². The number of unbranched alkanes of at least 4 members (excludes halogenated alkanes) is 14. The molecule has 1 aliphatic heterocycles. The van der Waals surface area contributed by atoms with E-state index in [9.17, 15) is 34.5 Å². The first-order chi connectivity index (χ1) is 37.6. The molecule has 0 aliphatic carbocycles. The van der Waals surface area contributed by atoms with Crippen LogP contribution in [0.3, 0.4) is 0 Å². The van der Waals surface area contributed by atoms with Gasteiger partial charge in [-0.25, -0.2) is 4.79 Å². The first-order valence-corrected chi connectivity index (χ1v) is 29.5. The Kier molecular flexibility index (Phi) is 47.2. The summed E-state index contributed by atoms with van der Waals surface area (Å²) in [6.07, 6.45) is 58.8. The molecule has 1 saturated heterocycles. The third kappa shape index (κ3) is 41.8. The van der Waals surface area contributed by atoms with Gasteiger partial charge in [0.05, 0.1) is 6.61 Å². The van der Waals surface area contributed by atoms with E-state index in [0.29, 0.717) is 19.3 Å². The lowest BCUT2D eigenvalue weighted by Gasteiger charge is -2.40. The van der Waals surface area contributed by atoms with Gasteiger partial charge in [0.15, 0.2) is 24.6 Å². The number of aliphatic hydroxyl groups is 2. The number of hydrogen-bond acceptors (Lipinski definition) is 11. The zero-order valence-electron chi connectivity index (χ0n) is 47.7. The molecule has 12 nitrogen and oxygen atoms in total. The van der Waals surface area contributed by atoms with Crippen LogP contribution in [0.2, 0.25) is 0 Å². The third-order valence-corrected chi connectivity index (χ3v) is 12.5. The number of rotatable bonds is 48. The third-order valence-electron chi connectivity index (χ3n) is 12.5. The van der Waals surface area contributed by atoms with Crippen LogP contribution in [-0.2, 0) is 42.9 Å². The maximum atomic E-state index is 13.1. The predicted octanol–water partition coefficient (Wildman–Crippen LogP) is 15.2. The molecule has 12 heteroatoms. The number of carbonyl (C=O) groups is 4. The monoisotopic (exact) mass is 1070 g/mol. The second kappa shape index (κ2) is 51.9. The van der Waals surface area contributed by atoms with Crippen LogP contribution in [0.15, 0.2) is 122 Å². The first-order valence-electron chi connectivity index (χ1n) is 29.5. The van der Waals surface area contributed by atoms with Crippen molar-refractivity contribution >= 4 is 23.9 Å². The van der Waals surface area contributed by atoms with E-state index in [1.54, 1.807) is 0 Å². The largest absolute Gasteiger partial charge is 0.479 e. The van der Waals surface area contributed by atoms with E-state index in [2.05, 4.69) is 142 Å². The van der Waals surface area contributed by atoms with E-state index in [0.717, 1.165) is 154 Å². The van der Waals surface area contributed by atoms with E-state index in [4.69, 9.17) is 23.7 Å². The molecule has 0 aromatic rings. The zero-order valence-corrected chi connectivity index (χ0v) is 47.7. The SMILES string of the molecule is CC/C=C\C/C=C\C/C=C\C/C=C\CCCCCCCCC(=O)OCC(COC1OC(C(=O)O)C(O)C(O)C1OC(=O)CCCCC/C=C\C/C=C\C/C=C\CC)OC(=O)CCCCCCC/C=C\C/C=C\C/C=C\CC. The summed E-state index contributed by atoms with van der Waals surface area (Å²) in [5.74, 6) is -3.22. The van der Waals surface area contributed by atoms with Gasteiger partial charge in [0.25, 0.3) is 0 Å². The highest BCUT2D eigenvalue weighted by Crippen LogP contribution is 2.26. The molecule has 0 bridgehead atoms. The summed E-state index contributed by atoms with van der Waals surface area (Å²) in [6, 6.07) is 0. The molecule has 1 fully saturated rings. The van der Waals surface area contributed by atoms with Crippen molar-refractivity contribution in [3.05, 3.63) is 122 Å². The van der Waals surface area contributed by atoms with Gasteiger partial charge in [0.2, 0.25) is 0 Å². The van der Waals surface area contributed by atoms with Crippen LogP contribution in [0.5, 0.6) is 0 Å². The first kappa shape index (κ1) is 70.1. The number of hydrogen-bond donors (Lipinski definition) is 3. The summed E-state index contributed by atoms with van der Waals surface area (Å²) in [5.41, 5.74) is 0. The summed E-state index contributed by atoms with van der Waals surface area (Å²) >= 11 is 0. The van der Waals surface area contributed by atoms with Crippen LogP contribution >= 0.6 is 0 Å². The standard InChI is InChI=1S/C65H102O12/c1-4-7-10-13-16-19-22-25-27-28-29-30-32-34-36-39-42-45-48-51-57(66)73-54-56(75-58(67)52-49-46-43-40-38-35-31-26-23-20-17-14-11-8-5-2)55-74-65-63(61(70)60(69)62(77-65)64(71)72)76-59(68)53-50-47-44-41-37-33-24-21-18-15-12-9-6-3/h7-12,16-21,25-27,29-31,33,37,56,60-63,65,69-70H,4-6,13-15,22-24,28,32,34-36,38-55H2,1-3H3,(H,71,72)/b10-7-,11-8-,12-9-,19-16-,20-17-,21-18-,27-25-,30-29-,31-26-,37-33-. The molecule has 0 aromatic carbocycles. The average Bonchev–Trinajstić information content (AvgIpc) is 3.42. The van der Waals surface area contributed by atoms with Crippen LogP contribution in [0, 0.1) is 0 Å². The maximum Gasteiger partial charge on any atom is 0.335 e. The molecule has 1 rings (SSSR count). The molecule has 3 N–H and O–H groups in total. The molecule has 6 atom stereocenters. The summed E-state index contributed by atoms with van der Waals surface area (Å²) in [4.78, 5) is 51.1. The van der Waals surface area contributed by atoms with E-state index in [1.165, 1.54) is 0 Å². The fraction of sp³-hybridized carbons (Fsp3) is 0.631. The maximum absolute atomic E-state index is 13.1. The van der Waals surface area contributed by atoms with Crippen molar-refractivity contribution in [1.29, 1.82) is 0 Å². The lowest BCUT2D eigenvalue weighted by Crippen LogP contribution is -2.61. The Morgan fingerprint density at radius 3 is 1.19 bits per heavy atom. The summed E-state index contributed by atoms with van der Waals surface area (Å²) in [6.45, 7) is 5.60. The van der Waals surface area contributed by atoms with Crippen LogP contribution < -0.4 is 0 Å². The van der Waals surface area contributed by atoms with Gasteiger partial charge in [0, 0.05) is 19.3 Å². The molecule has 77 heavy (non-hydrogen) atoms. The molecule has 434 valence electrons. The lowest BCUT2D eigenvalue weighted by atomic mass is 9.98. The highest BCUT2D eigenvalue weighted by Gasteiger charge is 2.50. The minimum Gasteiger partial charge on any atom is -0.479 e. The Morgan fingerprint density at radius 1 is 0.429 bits per heavy atom. The number of carbonyl (C=O) groups excluding carboxylic acids is 3. The fourth-order valence-corrected chi connectivity index (χ4v) is 8.09. The normalized spacial score (nSPS) is 18.9. The Bertz CT molecular complexity index is 1800. The Morgan fingerprint density at radius 2 is 0.779 bits per heavy atom. The number of allylic oxidation sites excluding steroid dienone is 20. The van der Waals surface area contributed by atoms with Gasteiger partial charge in [0.1, 0.15) is 18.8 Å². The van der Waals surface area contributed by atoms with Crippen molar-refractivity contribution in [2.24, 2.45) is 0 Å². The number of aliphatic carboxylic acids is 1. The van der Waals surface area contributed by atoms with Crippen molar-refractivity contribution < 1.29 is 58.2 Å². The van der Waals surface area contributed by atoms with Crippen LogP contribution in [-0.4, -0.2) is 89.2 Å². The van der Waals surface area contributed by atoms with E-state index in [-0.39, 0.29) is 25.9 Å². The molecule has 0 radical (unpaired) electrons. The molecule has 0 saturated carbocycles. The average molecular weight is 1080 g/mol. The molecule has 1 heterocycles. The summed E-state index contributed by atoms with van der Waals surface area (Å²) < 4.78 is 28.4. The second-order valence-corrected chi connectivity index (χ2v) is 19.5. The topological polar surface area (TPSA) is 175 Å². The fourth-order valence-electron chi connectivity index (χ4n) is 8.09. The molecule has 6 unspecified atom stereocenters. The van der Waals surface area contributed by atoms with Gasteiger partial charge in [-0.2, -0.15) is 0 Å². The van der Waals surface area contributed by atoms with E-state index in [1.807, 2.05) is 0 Å². The Labute approximate surface area is 465 Å². The van der Waals surface area contributed by atoms with Crippen molar-refractivity contribution in [1.82, 2.24) is 0 Å². The van der Waals surface area contributed by atoms with Crippen molar-refractivity contribution in [2.75, 3.05) is 13.2 Å². The minimum atomic E-state index is -1.92. The van der Waals surface area contributed by atoms with Gasteiger partial charge in [-0.1, -0.05) is 194 Å². The molecule has 0 amide bonds. The van der Waals surface area contributed by atoms with Crippen molar-refractivity contribution in [3.8, 4) is 0 Å². The number of carboxylic acid groups (broad SMARTS) is 1. The van der Waals surface area contributed by atoms with Crippen molar-refractivity contribution in [3.63, 3.8) is 0 Å². The van der Waals surface area contributed by atoms with Gasteiger partial charge in [-0.05, 0) is 122 Å². The zero-order chi connectivity index (χ0) is 56.1. The van der Waals surface area contributed by atoms with Crippen LogP contribution in [0.25, 0.3) is 0 Å². The second-order valence-electron chi connectivity index (χ2n) is 19.5. The number of ether oxygens (including phenoxy) is 5. The minimum absolute atomic E-state index is 0.0154. The highest BCUT2D eigenvalue weighted by molar-refractivity contribution is 5.74. The van der Waals surface area contributed by atoms with Crippen LogP contribution in [0.1, 0.15) is 213 Å². The smallest absolute Gasteiger partial charge is 0.335 e. The number of carboxylic acids is 1. The quantitative estimate of drug-likeness (QED) is 0.0228. The summed E-state index contributed by atoms with van der Waals surface area (Å²) in [5, 5.41) is 31.5. The Balaban J connectivity index is 2.72. The summed E-state index contributed by atoms with van der Waals surface area (Å²) in [7, 11) is 0. The lowest BCUT2D eigenvalue weighted by molar-refractivity contribution is -0.301.